The topological polar surface area (TPSA) is 41.9 Å². The van der Waals surface area contributed by atoms with Crippen molar-refractivity contribution in [3.63, 3.8) is 0 Å². The Bertz CT molecular complexity index is 327. The summed E-state index contributed by atoms with van der Waals surface area (Å²) in [7, 11) is 1.72. The zero-order valence-corrected chi connectivity index (χ0v) is 13.5. The molecule has 3 rings (SSSR count). The Hall–Kier alpha value is -0.160. The molecule has 0 radical (unpaired) electrons. The highest BCUT2D eigenvalue weighted by molar-refractivity contribution is 4.93. The first-order chi connectivity index (χ1) is 10.2. The molecule has 3 aliphatic rings. The van der Waals surface area contributed by atoms with Gasteiger partial charge in [0.05, 0.1) is 23.9 Å². The minimum absolute atomic E-state index is 0.139. The van der Waals surface area contributed by atoms with Crippen LogP contribution in [0.3, 0.4) is 0 Å². The Morgan fingerprint density at radius 1 is 1.10 bits per heavy atom. The van der Waals surface area contributed by atoms with Gasteiger partial charge in [-0.3, -0.25) is 0 Å². The number of aliphatic hydroxyl groups is 1. The average Bonchev–Trinajstić information content (AvgIpc) is 2.91. The molecule has 1 unspecified atom stereocenters. The summed E-state index contributed by atoms with van der Waals surface area (Å²) in [6.45, 7) is 3.23. The molecule has 2 aliphatic heterocycles. The molecular weight excluding hydrogens is 266 g/mol. The van der Waals surface area contributed by atoms with Crippen molar-refractivity contribution in [1.82, 2.24) is 4.90 Å². The van der Waals surface area contributed by atoms with Gasteiger partial charge in [0.25, 0.3) is 0 Å². The Morgan fingerprint density at radius 3 is 2.43 bits per heavy atom. The van der Waals surface area contributed by atoms with Crippen molar-refractivity contribution in [2.75, 3.05) is 33.4 Å². The zero-order valence-electron chi connectivity index (χ0n) is 13.5. The molecule has 0 aromatic heterocycles. The quantitative estimate of drug-likeness (QED) is 0.865. The molecule has 21 heavy (non-hydrogen) atoms. The molecule has 0 aromatic rings. The van der Waals surface area contributed by atoms with E-state index in [1.807, 2.05) is 0 Å². The standard InChI is InChI=1S/C17H31NO3/c1-20-17(14-19)9-11-18(12-10-17)13-15-5-8-16(21-15)6-3-2-4-7-16/h15,19H,2-14H2,1H3. The molecule has 122 valence electrons. The Labute approximate surface area is 128 Å². The van der Waals surface area contributed by atoms with Crippen LogP contribution in [0.5, 0.6) is 0 Å². The van der Waals surface area contributed by atoms with Crippen LogP contribution in [0.15, 0.2) is 0 Å². The van der Waals surface area contributed by atoms with E-state index in [9.17, 15) is 5.11 Å². The maximum absolute atomic E-state index is 9.51. The van der Waals surface area contributed by atoms with E-state index in [0.717, 1.165) is 32.5 Å². The minimum atomic E-state index is -0.294. The van der Waals surface area contributed by atoms with Crippen molar-refractivity contribution >= 4 is 0 Å². The highest BCUT2D eigenvalue weighted by atomic mass is 16.5. The molecule has 1 saturated carbocycles. The summed E-state index contributed by atoms with van der Waals surface area (Å²) in [4.78, 5) is 2.50. The molecule has 2 saturated heterocycles. The summed E-state index contributed by atoms with van der Waals surface area (Å²) in [6.07, 6.45) is 11.4. The number of rotatable bonds is 4. The SMILES string of the molecule is COC1(CO)CCN(CC2CCC3(CCCCC3)O2)CC1. The molecule has 0 bridgehead atoms. The molecule has 4 nitrogen and oxygen atoms in total. The van der Waals surface area contributed by atoms with Gasteiger partial charge in [-0.1, -0.05) is 19.3 Å². The molecule has 1 spiro atoms. The second-order valence-corrected chi connectivity index (χ2v) is 7.37. The molecule has 2 heterocycles. The van der Waals surface area contributed by atoms with Crippen LogP contribution in [0.2, 0.25) is 0 Å². The van der Waals surface area contributed by atoms with Crippen LogP contribution >= 0.6 is 0 Å². The summed E-state index contributed by atoms with van der Waals surface area (Å²) in [6, 6.07) is 0. The number of ether oxygens (including phenoxy) is 2. The lowest BCUT2D eigenvalue weighted by molar-refractivity contribution is -0.103. The van der Waals surface area contributed by atoms with E-state index < -0.39 is 0 Å². The second-order valence-electron chi connectivity index (χ2n) is 7.37. The van der Waals surface area contributed by atoms with Crippen molar-refractivity contribution in [2.45, 2.75) is 75.1 Å². The van der Waals surface area contributed by atoms with E-state index in [-0.39, 0.29) is 17.8 Å². The maximum Gasteiger partial charge on any atom is 0.0932 e. The predicted octanol–water partition coefficient (Wildman–Crippen LogP) is 2.34. The summed E-state index contributed by atoms with van der Waals surface area (Å²) >= 11 is 0. The third-order valence-corrected chi connectivity index (χ3v) is 6.05. The largest absolute Gasteiger partial charge is 0.393 e. The smallest absolute Gasteiger partial charge is 0.0932 e. The maximum atomic E-state index is 9.51. The van der Waals surface area contributed by atoms with Crippen LogP contribution in [0.4, 0.5) is 0 Å². The van der Waals surface area contributed by atoms with Crippen molar-refractivity contribution in [2.24, 2.45) is 0 Å². The summed E-state index contributed by atoms with van der Waals surface area (Å²) in [5.41, 5.74) is -0.0578. The molecule has 1 atom stereocenters. The van der Waals surface area contributed by atoms with E-state index >= 15 is 0 Å². The van der Waals surface area contributed by atoms with Crippen molar-refractivity contribution < 1.29 is 14.6 Å². The number of piperidine rings is 1. The minimum Gasteiger partial charge on any atom is -0.393 e. The fraction of sp³-hybridized carbons (Fsp3) is 1.00. The van der Waals surface area contributed by atoms with E-state index in [4.69, 9.17) is 9.47 Å². The van der Waals surface area contributed by atoms with Gasteiger partial charge in [0.15, 0.2) is 0 Å². The van der Waals surface area contributed by atoms with Crippen LogP contribution in [0, 0.1) is 0 Å². The van der Waals surface area contributed by atoms with Crippen molar-refractivity contribution in [1.29, 1.82) is 0 Å². The van der Waals surface area contributed by atoms with Crippen LogP contribution < -0.4 is 0 Å². The first-order valence-electron chi connectivity index (χ1n) is 8.75. The Morgan fingerprint density at radius 2 is 1.81 bits per heavy atom. The third-order valence-electron chi connectivity index (χ3n) is 6.05. The highest BCUT2D eigenvalue weighted by Gasteiger charge is 2.42. The lowest BCUT2D eigenvalue weighted by Gasteiger charge is -2.40. The van der Waals surface area contributed by atoms with Gasteiger partial charge in [0.1, 0.15) is 0 Å². The van der Waals surface area contributed by atoms with Gasteiger partial charge in [-0.2, -0.15) is 0 Å². The van der Waals surface area contributed by atoms with Gasteiger partial charge in [-0.15, -0.1) is 0 Å². The number of nitrogens with zero attached hydrogens (tertiary/aromatic N) is 1. The monoisotopic (exact) mass is 297 g/mol. The predicted molar refractivity (Wildman–Crippen MR) is 82.4 cm³/mol. The van der Waals surface area contributed by atoms with Gasteiger partial charge < -0.3 is 19.5 Å². The average molecular weight is 297 g/mol. The fourth-order valence-corrected chi connectivity index (χ4v) is 4.45. The van der Waals surface area contributed by atoms with Gasteiger partial charge in [0.2, 0.25) is 0 Å². The summed E-state index contributed by atoms with van der Waals surface area (Å²) in [5, 5.41) is 9.51. The molecule has 0 aromatic carbocycles. The molecule has 4 heteroatoms. The molecular formula is C17H31NO3. The molecule has 0 amide bonds. The molecule has 3 fully saturated rings. The van der Waals surface area contributed by atoms with Crippen molar-refractivity contribution in [3.8, 4) is 0 Å². The zero-order chi connectivity index (χ0) is 14.8. The lowest BCUT2D eigenvalue weighted by atomic mass is 9.83. The molecule has 1 N–H and O–H groups in total. The first-order valence-corrected chi connectivity index (χ1v) is 8.75. The van der Waals surface area contributed by atoms with E-state index in [1.165, 1.54) is 44.9 Å². The van der Waals surface area contributed by atoms with E-state index in [0.29, 0.717) is 6.10 Å². The van der Waals surface area contributed by atoms with E-state index in [1.54, 1.807) is 7.11 Å². The highest BCUT2D eigenvalue weighted by Crippen LogP contribution is 2.42. The van der Waals surface area contributed by atoms with Gasteiger partial charge in [0, 0.05) is 26.7 Å². The Kier molecular flexibility index (Phi) is 4.89. The number of methoxy groups -OCH3 is 1. The van der Waals surface area contributed by atoms with Crippen molar-refractivity contribution in [3.05, 3.63) is 0 Å². The van der Waals surface area contributed by atoms with E-state index in [2.05, 4.69) is 4.90 Å². The van der Waals surface area contributed by atoms with Crippen LogP contribution in [-0.4, -0.2) is 60.7 Å². The first kappa shape index (κ1) is 15.7. The number of hydrogen-bond acceptors (Lipinski definition) is 4. The number of likely N-dealkylation sites (tertiary alicyclic amines) is 1. The van der Waals surface area contributed by atoms with Gasteiger partial charge in [-0.25, -0.2) is 0 Å². The third kappa shape index (κ3) is 3.44. The van der Waals surface area contributed by atoms with Crippen LogP contribution in [-0.2, 0) is 9.47 Å². The van der Waals surface area contributed by atoms with Gasteiger partial charge >= 0.3 is 0 Å². The second kappa shape index (κ2) is 6.53. The fourth-order valence-electron chi connectivity index (χ4n) is 4.45. The van der Waals surface area contributed by atoms with Crippen LogP contribution in [0.25, 0.3) is 0 Å². The Balaban J connectivity index is 1.46. The number of aliphatic hydroxyl groups excluding tert-OH is 1. The normalized spacial score (nSPS) is 32.6. The summed E-state index contributed by atoms with van der Waals surface area (Å²) in [5.74, 6) is 0. The van der Waals surface area contributed by atoms with Gasteiger partial charge in [-0.05, 0) is 38.5 Å². The summed E-state index contributed by atoms with van der Waals surface area (Å²) < 4.78 is 12.0. The molecule has 1 aliphatic carbocycles. The lowest BCUT2D eigenvalue weighted by Crippen LogP contribution is -2.49. The van der Waals surface area contributed by atoms with Crippen LogP contribution in [0.1, 0.15) is 57.8 Å². The number of hydrogen-bond donors (Lipinski definition) is 1.